The van der Waals surface area contributed by atoms with Crippen LogP contribution in [0, 0.1) is 0 Å². The molecule has 0 aliphatic carbocycles. The lowest BCUT2D eigenvalue weighted by Crippen LogP contribution is -2.30. The Labute approximate surface area is 256 Å². The van der Waals surface area contributed by atoms with Crippen molar-refractivity contribution in [3.63, 3.8) is 0 Å². The van der Waals surface area contributed by atoms with Crippen molar-refractivity contribution in [3.05, 3.63) is 130 Å². The van der Waals surface area contributed by atoms with E-state index in [0.29, 0.717) is 39.7 Å². The molecule has 4 aromatic rings. The summed E-state index contributed by atoms with van der Waals surface area (Å²) in [5.74, 6) is -0.142. The lowest BCUT2D eigenvalue weighted by molar-refractivity contribution is -0.123. The van der Waals surface area contributed by atoms with Gasteiger partial charge in [0.25, 0.3) is 11.8 Å². The summed E-state index contributed by atoms with van der Waals surface area (Å²) in [7, 11) is -3.61. The van der Waals surface area contributed by atoms with Gasteiger partial charge in [0, 0.05) is 17.1 Å². The minimum atomic E-state index is -3.61. The van der Waals surface area contributed by atoms with Gasteiger partial charge < -0.3 is 10.1 Å². The second-order valence-corrected chi connectivity index (χ2v) is 11.9. The summed E-state index contributed by atoms with van der Waals surface area (Å²) in [6.07, 6.45) is 3.33. The minimum absolute atomic E-state index is 0.0557. The van der Waals surface area contributed by atoms with Crippen molar-refractivity contribution in [2.24, 2.45) is 5.10 Å². The number of benzene rings is 4. The highest BCUT2D eigenvalue weighted by Gasteiger charge is 2.19. The van der Waals surface area contributed by atoms with Crippen LogP contribution in [0.5, 0.6) is 5.75 Å². The maximum absolute atomic E-state index is 12.6. The molecule has 0 spiro atoms. The number of hydrazone groups is 1. The number of hydrogen-bond donors (Lipinski definition) is 2. The Kier molecular flexibility index (Phi) is 10.9. The van der Waals surface area contributed by atoms with Crippen molar-refractivity contribution < 1.29 is 22.7 Å². The largest absolute Gasteiger partial charge is 0.484 e. The number of sulfonamides is 1. The molecule has 4 rings (SSSR count). The van der Waals surface area contributed by atoms with Gasteiger partial charge in [-0.1, -0.05) is 60.1 Å². The van der Waals surface area contributed by atoms with Crippen molar-refractivity contribution in [1.29, 1.82) is 0 Å². The molecule has 222 valence electrons. The van der Waals surface area contributed by atoms with Crippen molar-refractivity contribution in [3.8, 4) is 5.75 Å². The van der Waals surface area contributed by atoms with Crippen LogP contribution >= 0.6 is 11.6 Å². The Balaban J connectivity index is 1.25. The molecule has 0 atom stereocenters. The average molecular weight is 619 g/mol. The summed E-state index contributed by atoms with van der Waals surface area (Å²) in [4.78, 5) is 24.6. The van der Waals surface area contributed by atoms with Crippen LogP contribution < -0.4 is 19.8 Å². The Morgan fingerprint density at radius 2 is 1.58 bits per heavy atom. The van der Waals surface area contributed by atoms with E-state index in [0.717, 1.165) is 18.2 Å². The average Bonchev–Trinajstić information content (AvgIpc) is 3.00. The zero-order chi connectivity index (χ0) is 30.7. The maximum atomic E-state index is 12.6. The second-order valence-electron chi connectivity index (χ2n) is 9.55. The van der Waals surface area contributed by atoms with E-state index in [1.54, 1.807) is 60.7 Å². The molecule has 0 fully saturated rings. The molecule has 43 heavy (non-hydrogen) atoms. The third-order valence-corrected chi connectivity index (χ3v) is 7.81. The van der Waals surface area contributed by atoms with Gasteiger partial charge in [-0.15, -0.1) is 0 Å². The van der Waals surface area contributed by atoms with Gasteiger partial charge in [-0.05, 0) is 77.7 Å². The first-order chi connectivity index (χ1) is 20.7. The van der Waals surface area contributed by atoms with Gasteiger partial charge in [-0.25, -0.2) is 13.8 Å². The van der Waals surface area contributed by atoms with Gasteiger partial charge in [0.2, 0.25) is 10.0 Å². The van der Waals surface area contributed by atoms with E-state index in [1.807, 2.05) is 30.3 Å². The van der Waals surface area contributed by atoms with E-state index in [-0.39, 0.29) is 19.1 Å². The van der Waals surface area contributed by atoms with Crippen molar-refractivity contribution in [2.45, 2.75) is 13.0 Å². The van der Waals surface area contributed by atoms with E-state index < -0.39 is 15.9 Å². The first-order valence-corrected chi connectivity index (χ1v) is 15.6. The molecule has 9 nitrogen and oxygen atoms in total. The molecule has 0 aromatic heterocycles. The van der Waals surface area contributed by atoms with Gasteiger partial charge in [0.05, 0.1) is 24.7 Å². The summed E-state index contributed by atoms with van der Waals surface area (Å²) in [6.45, 7) is 0.485. The van der Waals surface area contributed by atoms with Crippen LogP contribution in [-0.4, -0.2) is 45.9 Å². The first-order valence-electron chi connectivity index (χ1n) is 13.4. The third-order valence-electron chi connectivity index (χ3n) is 6.30. The predicted octanol–water partition coefficient (Wildman–Crippen LogP) is 4.81. The van der Waals surface area contributed by atoms with E-state index in [2.05, 4.69) is 15.8 Å². The molecule has 0 bridgehead atoms. The van der Waals surface area contributed by atoms with Crippen LogP contribution in [0.2, 0.25) is 5.02 Å². The van der Waals surface area contributed by atoms with Crippen LogP contribution in [0.4, 0.5) is 5.69 Å². The van der Waals surface area contributed by atoms with E-state index >= 15 is 0 Å². The lowest BCUT2D eigenvalue weighted by atomic mass is 10.1. The monoisotopic (exact) mass is 618 g/mol. The quantitative estimate of drug-likeness (QED) is 0.165. The molecular weight excluding hydrogens is 588 g/mol. The number of rotatable bonds is 13. The molecule has 4 aromatic carbocycles. The molecule has 2 amide bonds. The molecule has 0 saturated carbocycles. The molecule has 0 unspecified atom stereocenters. The topological polar surface area (TPSA) is 117 Å². The Morgan fingerprint density at radius 1 is 0.907 bits per heavy atom. The van der Waals surface area contributed by atoms with Gasteiger partial charge in [0.15, 0.2) is 6.61 Å². The van der Waals surface area contributed by atoms with Gasteiger partial charge in [0.1, 0.15) is 5.75 Å². The fourth-order valence-electron chi connectivity index (χ4n) is 4.03. The summed E-state index contributed by atoms with van der Waals surface area (Å²) in [6, 6.07) is 30.0. The van der Waals surface area contributed by atoms with Gasteiger partial charge in [-0.2, -0.15) is 5.10 Å². The number of amides is 2. The molecular formula is C32H31ClN4O5S. The standard InChI is InChI=1S/C32H31ClN4O5S/c1-43(40,41)37(22-27-9-5-6-10-30(27)33)28-15-13-26(14-16-28)32(39)36-35-21-25-11-17-29(18-12-25)42-23-31(38)34-20-19-24-7-3-2-4-8-24/h2-18,21H,19-20,22-23H2,1H3,(H,34,38)(H,36,39)/b35-21+. The number of carbonyl (C=O) groups excluding carboxylic acids is 2. The highest BCUT2D eigenvalue weighted by atomic mass is 35.5. The molecule has 2 N–H and O–H groups in total. The summed E-state index contributed by atoms with van der Waals surface area (Å²) < 4.78 is 31.7. The Hall–Kier alpha value is -4.67. The van der Waals surface area contributed by atoms with E-state index in [1.165, 1.54) is 22.7 Å². The Morgan fingerprint density at radius 3 is 2.26 bits per heavy atom. The fraction of sp³-hybridized carbons (Fsp3) is 0.156. The molecule has 11 heteroatoms. The normalized spacial score (nSPS) is 11.2. The smallest absolute Gasteiger partial charge is 0.271 e. The molecule has 0 heterocycles. The Bertz CT molecular complexity index is 1660. The number of anilines is 1. The number of nitrogens with one attached hydrogen (secondary N) is 2. The zero-order valence-electron chi connectivity index (χ0n) is 23.4. The van der Waals surface area contributed by atoms with Crippen molar-refractivity contribution in [2.75, 3.05) is 23.7 Å². The summed E-state index contributed by atoms with van der Waals surface area (Å²) in [5.41, 5.74) is 5.67. The van der Waals surface area contributed by atoms with Crippen LogP contribution in [-0.2, 0) is 27.8 Å². The van der Waals surface area contributed by atoms with Crippen LogP contribution in [0.3, 0.4) is 0 Å². The number of ether oxygens (including phenoxy) is 1. The first kappa shape index (κ1) is 31.3. The number of hydrogen-bond acceptors (Lipinski definition) is 6. The van der Waals surface area contributed by atoms with E-state index in [9.17, 15) is 18.0 Å². The highest BCUT2D eigenvalue weighted by molar-refractivity contribution is 7.92. The molecule has 0 aliphatic rings. The highest BCUT2D eigenvalue weighted by Crippen LogP contribution is 2.24. The third kappa shape index (κ3) is 9.69. The van der Waals surface area contributed by atoms with Crippen LogP contribution in [0.25, 0.3) is 0 Å². The summed E-state index contributed by atoms with van der Waals surface area (Å²) >= 11 is 6.22. The minimum Gasteiger partial charge on any atom is -0.484 e. The fourth-order valence-corrected chi connectivity index (χ4v) is 5.11. The zero-order valence-corrected chi connectivity index (χ0v) is 25.0. The van der Waals surface area contributed by atoms with E-state index in [4.69, 9.17) is 16.3 Å². The van der Waals surface area contributed by atoms with Crippen LogP contribution in [0.15, 0.2) is 108 Å². The maximum Gasteiger partial charge on any atom is 0.271 e. The van der Waals surface area contributed by atoms with Gasteiger partial charge >= 0.3 is 0 Å². The van der Waals surface area contributed by atoms with Crippen molar-refractivity contribution >= 4 is 45.3 Å². The molecule has 0 radical (unpaired) electrons. The van der Waals surface area contributed by atoms with Crippen molar-refractivity contribution in [1.82, 2.24) is 10.7 Å². The van der Waals surface area contributed by atoms with Gasteiger partial charge in [-0.3, -0.25) is 13.9 Å². The second kappa shape index (κ2) is 15.0. The van der Waals surface area contributed by atoms with Crippen LogP contribution in [0.1, 0.15) is 27.0 Å². The SMILES string of the molecule is CS(=O)(=O)N(Cc1ccccc1Cl)c1ccc(C(=O)N/N=C/c2ccc(OCC(=O)NCCc3ccccc3)cc2)cc1. The molecule has 0 saturated heterocycles. The number of carbonyl (C=O) groups is 2. The lowest BCUT2D eigenvalue weighted by Gasteiger charge is -2.23. The predicted molar refractivity (Wildman–Crippen MR) is 169 cm³/mol. The summed E-state index contributed by atoms with van der Waals surface area (Å²) in [5, 5.41) is 7.29. The number of nitrogens with zero attached hydrogens (tertiary/aromatic N) is 2. The number of halogens is 1. The molecule has 0 aliphatic heterocycles.